The SMILES string of the molecule is CCN(Cc1ccccc1C)C(=O)c1cc(N)cn1CC. The van der Waals surface area contributed by atoms with Crippen LogP contribution in [-0.4, -0.2) is 21.9 Å². The van der Waals surface area contributed by atoms with Gasteiger partial charge in [-0.05, 0) is 38.0 Å². The van der Waals surface area contributed by atoms with Gasteiger partial charge in [-0.2, -0.15) is 0 Å². The molecule has 0 bridgehead atoms. The van der Waals surface area contributed by atoms with Crippen LogP contribution in [0, 0.1) is 6.92 Å². The number of nitrogen functional groups attached to an aromatic ring is 1. The number of nitrogens with zero attached hydrogens (tertiary/aromatic N) is 2. The van der Waals surface area contributed by atoms with Crippen molar-refractivity contribution in [3.05, 3.63) is 53.3 Å². The van der Waals surface area contributed by atoms with Crippen LogP contribution in [0.2, 0.25) is 0 Å². The number of carbonyl (C=O) groups is 1. The van der Waals surface area contributed by atoms with Gasteiger partial charge in [-0.15, -0.1) is 0 Å². The molecule has 0 unspecified atom stereocenters. The zero-order valence-corrected chi connectivity index (χ0v) is 13.0. The number of nitrogens with two attached hydrogens (primary N) is 1. The fraction of sp³-hybridized carbons (Fsp3) is 0.353. The number of hydrogen-bond acceptors (Lipinski definition) is 2. The fourth-order valence-electron chi connectivity index (χ4n) is 2.46. The Morgan fingerprint density at radius 3 is 2.62 bits per heavy atom. The van der Waals surface area contributed by atoms with Gasteiger partial charge in [0.1, 0.15) is 5.69 Å². The van der Waals surface area contributed by atoms with Crippen molar-refractivity contribution in [2.24, 2.45) is 0 Å². The van der Waals surface area contributed by atoms with E-state index in [-0.39, 0.29) is 5.91 Å². The molecule has 0 saturated heterocycles. The summed E-state index contributed by atoms with van der Waals surface area (Å²) in [5, 5.41) is 0. The van der Waals surface area contributed by atoms with Crippen LogP contribution in [0.15, 0.2) is 36.5 Å². The second-order valence-corrected chi connectivity index (χ2v) is 5.19. The molecule has 4 nitrogen and oxygen atoms in total. The summed E-state index contributed by atoms with van der Waals surface area (Å²) in [4.78, 5) is 14.6. The molecule has 4 heteroatoms. The Kier molecular flexibility index (Phi) is 4.68. The number of rotatable bonds is 5. The first kappa shape index (κ1) is 15.2. The summed E-state index contributed by atoms with van der Waals surface area (Å²) in [6.45, 7) is 8.10. The molecule has 0 aliphatic heterocycles. The van der Waals surface area contributed by atoms with E-state index in [1.54, 1.807) is 6.07 Å². The molecule has 0 spiro atoms. The molecule has 2 aromatic rings. The van der Waals surface area contributed by atoms with Crippen LogP contribution in [0.5, 0.6) is 0 Å². The monoisotopic (exact) mass is 285 g/mol. The topological polar surface area (TPSA) is 51.3 Å². The highest BCUT2D eigenvalue weighted by molar-refractivity contribution is 5.93. The number of carbonyl (C=O) groups excluding carboxylic acids is 1. The van der Waals surface area contributed by atoms with Gasteiger partial charge in [0.2, 0.25) is 0 Å². The summed E-state index contributed by atoms with van der Waals surface area (Å²) in [5.74, 6) is 0.0271. The van der Waals surface area contributed by atoms with Crippen molar-refractivity contribution in [1.82, 2.24) is 9.47 Å². The van der Waals surface area contributed by atoms with Crippen molar-refractivity contribution >= 4 is 11.6 Å². The van der Waals surface area contributed by atoms with Gasteiger partial charge >= 0.3 is 0 Å². The van der Waals surface area contributed by atoms with E-state index in [1.165, 1.54) is 11.1 Å². The molecule has 1 heterocycles. The van der Waals surface area contributed by atoms with Gasteiger partial charge < -0.3 is 15.2 Å². The van der Waals surface area contributed by atoms with E-state index < -0.39 is 0 Å². The molecule has 2 N–H and O–H groups in total. The van der Waals surface area contributed by atoms with Gasteiger partial charge in [-0.3, -0.25) is 4.79 Å². The number of aryl methyl sites for hydroxylation is 2. The first-order valence-electron chi connectivity index (χ1n) is 7.36. The summed E-state index contributed by atoms with van der Waals surface area (Å²) in [7, 11) is 0. The average molecular weight is 285 g/mol. The van der Waals surface area contributed by atoms with Gasteiger partial charge in [0.25, 0.3) is 5.91 Å². The fourth-order valence-corrected chi connectivity index (χ4v) is 2.46. The summed E-state index contributed by atoms with van der Waals surface area (Å²) in [6, 6.07) is 9.92. The lowest BCUT2D eigenvalue weighted by Gasteiger charge is -2.22. The van der Waals surface area contributed by atoms with Crippen molar-refractivity contribution in [2.75, 3.05) is 12.3 Å². The highest BCUT2D eigenvalue weighted by atomic mass is 16.2. The van der Waals surface area contributed by atoms with E-state index in [4.69, 9.17) is 5.73 Å². The van der Waals surface area contributed by atoms with Gasteiger partial charge in [0, 0.05) is 25.8 Å². The normalized spacial score (nSPS) is 10.6. The van der Waals surface area contributed by atoms with Crippen molar-refractivity contribution in [2.45, 2.75) is 33.9 Å². The first-order chi connectivity index (χ1) is 10.1. The van der Waals surface area contributed by atoms with Gasteiger partial charge in [-0.1, -0.05) is 24.3 Å². The Morgan fingerprint density at radius 2 is 2.00 bits per heavy atom. The molecule has 2 rings (SSSR count). The lowest BCUT2D eigenvalue weighted by molar-refractivity contribution is 0.0741. The first-order valence-corrected chi connectivity index (χ1v) is 7.36. The van der Waals surface area contributed by atoms with E-state index >= 15 is 0 Å². The van der Waals surface area contributed by atoms with E-state index in [0.29, 0.717) is 24.5 Å². The molecule has 1 aromatic carbocycles. The Balaban J connectivity index is 2.25. The second kappa shape index (κ2) is 6.48. The van der Waals surface area contributed by atoms with Gasteiger partial charge in [0.15, 0.2) is 0 Å². The number of hydrogen-bond donors (Lipinski definition) is 1. The van der Waals surface area contributed by atoms with Crippen LogP contribution in [0.25, 0.3) is 0 Å². The minimum Gasteiger partial charge on any atom is -0.397 e. The third kappa shape index (κ3) is 3.27. The second-order valence-electron chi connectivity index (χ2n) is 5.19. The van der Waals surface area contributed by atoms with E-state index in [0.717, 1.165) is 6.54 Å². The van der Waals surface area contributed by atoms with Crippen LogP contribution in [0.3, 0.4) is 0 Å². The Bertz CT molecular complexity index is 631. The number of benzene rings is 1. The Labute approximate surface area is 126 Å². The molecule has 1 aromatic heterocycles. The quantitative estimate of drug-likeness (QED) is 0.918. The van der Waals surface area contributed by atoms with E-state index in [9.17, 15) is 4.79 Å². The third-order valence-corrected chi connectivity index (χ3v) is 3.77. The molecule has 0 aliphatic carbocycles. The average Bonchev–Trinajstić information content (AvgIpc) is 2.87. The summed E-state index contributed by atoms with van der Waals surface area (Å²) in [6.07, 6.45) is 1.81. The summed E-state index contributed by atoms with van der Waals surface area (Å²) < 4.78 is 1.90. The Morgan fingerprint density at radius 1 is 1.29 bits per heavy atom. The maximum atomic E-state index is 12.7. The minimum atomic E-state index is 0.0271. The van der Waals surface area contributed by atoms with Crippen LogP contribution < -0.4 is 5.73 Å². The Hall–Kier alpha value is -2.23. The summed E-state index contributed by atoms with van der Waals surface area (Å²) in [5.41, 5.74) is 9.49. The highest BCUT2D eigenvalue weighted by Crippen LogP contribution is 2.16. The molecule has 0 radical (unpaired) electrons. The van der Waals surface area contributed by atoms with Crippen LogP contribution in [-0.2, 0) is 13.1 Å². The van der Waals surface area contributed by atoms with Crippen LogP contribution in [0.4, 0.5) is 5.69 Å². The lowest BCUT2D eigenvalue weighted by Crippen LogP contribution is -2.32. The lowest BCUT2D eigenvalue weighted by atomic mass is 10.1. The van der Waals surface area contributed by atoms with Crippen molar-refractivity contribution in [3.63, 3.8) is 0 Å². The van der Waals surface area contributed by atoms with E-state index in [2.05, 4.69) is 19.1 Å². The zero-order chi connectivity index (χ0) is 15.4. The highest BCUT2D eigenvalue weighted by Gasteiger charge is 2.19. The molecule has 0 aliphatic rings. The molecule has 0 saturated carbocycles. The van der Waals surface area contributed by atoms with Gasteiger partial charge in [-0.25, -0.2) is 0 Å². The molecular weight excluding hydrogens is 262 g/mol. The molecule has 112 valence electrons. The molecule has 0 fully saturated rings. The van der Waals surface area contributed by atoms with Crippen molar-refractivity contribution in [3.8, 4) is 0 Å². The minimum absolute atomic E-state index is 0.0271. The number of anilines is 1. The third-order valence-electron chi connectivity index (χ3n) is 3.77. The molecule has 1 amide bonds. The molecule has 0 atom stereocenters. The van der Waals surface area contributed by atoms with Crippen LogP contribution in [0.1, 0.15) is 35.5 Å². The molecular formula is C17H23N3O. The maximum Gasteiger partial charge on any atom is 0.270 e. The smallest absolute Gasteiger partial charge is 0.270 e. The van der Waals surface area contributed by atoms with Gasteiger partial charge in [0.05, 0.1) is 5.69 Å². The predicted octanol–water partition coefficient (Wildman–Crippen LogP) is 3.06. The summed E-state index contributed by atoms with van der Waals surface area (Å²) >= 11 is 0. The number of aromatic nitrogens is 1. The van der Waals surface area contributed by atoms with Crippen LogP contribution >= 0.6 is 0 Å². The largest absolute Gasteiger partial charge is 0.397 e. The van der Waals surface area contributed by atoms with E-state index in [1.807, 2.05) is 41.6 Å². The maximum absolute atomic E-state index is 12.7. The zero-order valence-electron chi connectivity index (χ0n) is 13.0. The predicted molar refractivity (Wildman–Crippen MR) is 86.1 cm³/mol. The molecule has 21 heavy (non-hydrogen) atoms. The van der Waals surface area contributed by atoms with Crippen molar-refractivity contribution < 1.29 is 4.79 Å². The standard InChI is InChI=1S/C17H23N3O/c1-4-19-12-15(18)10-16(19)17(21)20(5-2)11-14-9-7-6-8-13(14)3/h6-10,12H,4-5,11,18H2,1-3H3. The number of amides is 1. The van der Waals surface area contributed by atoms with Crippen molar-refractivity contribution in [1.29, 1.82) is 0 Å².